The normalized spacial score (nSPS) is 26.5. The molecule has 1 aromatic carbocycles. The van der Waals surface area contributed by atoms with E-state index in [9.17, 15) is 17.6 Å². The van der Waals surface area contributed by atoms with E-state index < -0.39 is 17.6 Å². The van der Waals surface area contributed by atoms with Crippen molar-refractivity contribution in [3.05, 3.63) is 35.1 Å². The van der Waals surface area contributed by atoms with Crippen molar-refractivity contribution >= 4 is 0 Å². The summed E-state index contributed by atoms with van der Waals surface area (Å²) in [5.41, 5.74) is -0.540. The van der Waals surface area contributed by atoms with Crippen molar-refractivity contribution in [1.29, 1.82) is 0 Å². The number of halogens is 4. The van der Waals surface area contributed by atoms with E-state index in [0.29, 0.717) is 17.5 Å². The summed E-state index contributed by atoms with van der Waals surface area (Å²) in [4.78, 5) is 0. The Balaban J connectivity index is 1.68. The third-order valence-electron chi connectivity index (χ3n) is 3.89. The first-order valence-corrected chi connectivity index (χ1v) is 6.55. The Labute approximate surface area is 109 Å². The fourth-order valence-corrected chi connectivity index (χ4v) is 2.48. The molecule has 0 radical (unpaired) electrons. The summed E-state index contributed by atoms with van der Waals surface area (Å²) in [5, 5.41) is 3.38. The minimum atomic E-state index is -4.61. The second-order valence-corrected chi connectivity index (χ2v) is 5.52. The van der Waals surface area contributed by atoms with Crippen LogP contribution in [-0.4, -0.2) is 12.6 Å². The lowest BCUT2D eigenvalue weighted by Crippen LogP contribution is -2.19. The van der Waals surface area contributed by atoms with E-state index in [0.717, 1.165) is 25.1 Å². The van der Waals surface area contributed by atoms with E-state index in [1.54, 1.807) is 0 Å². The summed E-state index contributed by atoms with van der Waals surface area (Å²) in [6, 6.07) is 3.99. The van der Waals surface area contributed by atoms with Gasteiger partial charge in [0.2, 0.25) is 0 Å². The Bertz CT molecular complexity index is 479. The van der Waals surface area contributed by atoms with Gasteiger partial charge in [0, 0.05) is 6.04 Å². The lowest BCUT2D eigenvalue weighted by Gasteiger charge is -2.10. The van der Waals surface area contributed by atoms with E-state index >= 15 is 0 Å². The minimum Gasteiger partial charge on any atom is -0.314 e. The van der Waals surface area contributed by atoms with Gasteiger partial charge in [0.15, 0.2) is 0 Å². The van der Waals surface area contributed by atoms with Crippen LogP contribution in [0.15, 0.2) is 18.2 Å². The first kappa shape index (κ1) is 12.9. The molecule has 1 aromatic rings. The summed E-state index contributed by atoms with van der Waals surface area (Å²) >= 11 is 0. The fraction of sp³-hybridized carbons (Fsp3) is 0.571. The second-order valence-electron chi connectivity index (χ2n) is 5.52. The number of rotatable bonds is 4. The SMILES string of the molecule is Fc1ccc(C2CC2CNC2CC2)cc1C(F)(F)F. The summed E-state index contributed by atoms with van der Waals surface area (Å²) in [6.07, 6.45) is -1.32. The Morgan fingerprint density at radius 3 is 2.58 bits per heavy atom. The van der Waals surface area contributed by atoms with E-state index in [2.05, 4.69) is 5.32 Å². The quantitative estimate of drug-likeness (QED) is 0.825. The van der Waals surface area contributed by atoms with Crippen LogP contribution in [0.4, 0.5) is 17.6 Å². The van der Waals surface area contributed by atoms with Crippen molar-refractivity contribution in [2.24, 2.45) is 5.92 Å². The van der Waals surface area contributed by atoms with Crippen LogP contribution in [0, 0.1) is 11.7 Å². The molecule has 104 valence electrons. The van der Waals surface area contributed by atoms with Crippen LogP contribution in [-0.2, 0) is 6.18 Å². The fourth-order valence-electron chi connectivity index (χ4n) is 2.48. The molecule has 5 heteroatoms. The average molecular weight is 273 g/mol. The number of hydrogen-bond acceptors (Lipinski definition) is 1. The molecule has 2 aliphatic rings. The van der Waals surface area contributed by atoms with Gasteiger partial charge in [-0.25, -0.2) is 4.39 Å². The van der Waals surface area contributed by atoms with Gasteiger partial charge >= 0.3 is 6.18 Å². The topological polar surface area (TPSA) is 12.0 Å². The zero-order valence-electron chi connectivity index (χ0n) is 10.3. The van der Waals surface area contributed by atoms with Gasteiger partial charge in [-0.3, -0.25) is 0 Å². The molecule has 2 unspecified atom stereocenters. The summed E-state index contributed by atoms with van der Waals surface area (Å²) in [5.74, 6) is -0.648. The van der Waals surface area contributed by atoms with Crippen LogP contribution in [0.3, 0.4) is 0 Å². The van der Waals surface area contributed by atoms with Gasteiger partial charge in [-0.15, -0.1) is 0 Å². The van der Waals surface area contributed by atoms with Crippen molar-refractivity contribution in [3.8, 4) is 0 Å². The Morgan fingerprint density at radius 2 is 1.95 bits per heavy atom. The van der Waals surface area contributed by atoms with E-state index in [4.69, 9.17) is 0 Å². The number of alkyl halides is 3. The van der Waals surface area contributed by atoms with Crippen molar-refractivity contribution in [2.45, 2.75) is 37.4 Å². The third-order valence-corrected chi connectivity index (χ3v) is 3.89. The van der Waals surface area contributed by atoms with Crippen LogP contribution in [0.1, 0.15) is 36.3 Å². The molecule has 0 aliphatic heterocycles. The van der Waals surface area contributed by atoms with Crippen molar-refractivity contribution in [3.63, 3.8) is 0 Å². The molecule has 2 saturated carbocycles. The molecule has 0 amide bonds. The van der Waals surface area contributed by atoms with E-state index in [-0.39, 0.29) is 5.92 Å². The predicted molar refractivity (Wildman–Crippen MR) is 63.3 cm³/mol. The maximum absolute atomic E-state index is 13.2. The third kappa shape index (κ3) is 2.91. The van der Waals surface area contributed by atoms with Gasteiger partial charge in [-0.2, -0.15) is 13.2 Å². The molecule has 0 saturated heterocycles. The highest BCUT2D eigenvalue weighted by Crippen LogP contribution is 2.48. The second kappa shape index (κ2) is 4.47. The number of nitrogens with one attached hydrogen (secondary N) is 1. The van der Waals surface area contributed by atoms with Crippen molar-refractivity contribution < 1.29 is 17.6 Å². The van der Waals surface area contributed by atoms with Gasteiger partial charge in [-0.05, 0) is 55.3 Å². The Kier molecular flexibility index (Phi) is 3.04. The molecule has 2 fully saturated rings. The maximum atomic E-state index is 13.2. The zero-order valence-corrected chi connectivity index (χ0v) is 10.3. The van der Waals surface area contributed by atoms with Gasteiger partial charge in [0.05, 0.1) is 5.56 Å². The molecule has 2 aliphatic carbocycles. The molecule has 1 N–H and O–H groups in total. The molecular formula is C14H15F4N. The average Bonchev–Trinajstić information content (AvgIpc) is 3.21. The van der Waals surface area contributed by atoms with E-state index in [1.165, 1.54) is 18.9 Å². The van der Waals surface area contributed by atoms with Gasteiger partial charge in [0.1, 0.15) is 5.82 Å². The van der Waals surface area contributed by atoms with Gasteiger partial charge in [-0.1, -0.05) is 6.07 Å². The van der Waals surface area contributed by atoms with Crippen LogP contribution in [0.5, 0.6) is 0 Å². The Morgan fingerprint density at radius 1 is 1.21 bits per heavy atom. The van der Waals surface area contributed by atoms with Gasteiger partial charge < -0.3 is 5.32 Å². The van der Waals surface area contributed by atoms with Crippen LogP contribution in [0.2, 0.25) is 0 Å². The van der Waals surface area contributed by atoms with Crippen LogP contribution in [0.25, 0.3) is 0 Å². The Hall–Kier alpha value is -1.10. The molecule has 0 aromatic heterocycles. The molecule has 1 nitrogen and oxygen atoms in total. The number of benzene rings is 1. The molecule has 0 heterocycles. The first-order chi connectivity index (χ1) is 8.95. The van der Waals surface area contributed by atoms with Crippen molar-refractivity contribution in [1.82, 2.24) is 5.32 Å². The monoisotopic (exact) mass is 273 g/mol. The van der Waals surface area contributed by atoms with Crippen LogP contribution < -0.4 is 5.32 Å². The predicted octanol–water partition coefficient (Wildman–Crippen LogP) is 3.70. The van der Waals surface area contributed by atoms with E-state index in [1.807, 2.05) is 0 Å². The largest absolute Gasteiger partial charge is 0.419 e. The summed E-state index contributed by atoms with van der Waals surface area (Å²) in [6.45, 7) is 0.855. The summed E-state index contributed by atoms with van der Waals surface area (Å²) < 4.78 is 51.0. The maximum Gasteiger partial charge on any atom is 0.419 e. The molecule has 0 spiro atoms. The minimum absolute atomic E-state index is 0.146. The standard InChI is InChI=1S/C14H15F4N/c15-13-4-1-8(6-12(13)14(16,17)18)11-5-9(11)7-19-10-2-3-10/h1,4,6,9-11,19H,2-3,5,7H2. The first-order valence-electron chi connectivity index (χ1n) is 6.55. The molecule has 0 bridgehead atoms. The molecule has 2 atom stereocenters. The smallest absolute Gasteiger partial charge is 0.314 e. The zero-order chi connectivity index (χ0) is 13.6. The van der Waals surface area contributed by atoms with Crippen molar-refractivity contribution in [2.75, 3.05) is 6.54 Å². The highest BCUT2D eigenvalue weighted by atomic mass is 19.4. The lowest BCUT2D eigenvalue weighted by atomic mass is 10.0. The van der Waals surface area contributed by atoms with Crippen LogP contribution >= 0.6 is 0 Å². The van der Waals surface area contributed by atoms with Gasteiger partial charge in [0.25, 0.3) is 0 Å². The molecule has 19 heavy (non-hydrogen) atoms. The molecule has 3 rings (SSSR count). The number of hydrogen-bond donors (Lipinski definition) is 1. The molecular weight excluding hydrogens is 258 g/mol. The highest BCUT2D eigenvalue weighted by Gasteiger charge is 2.41. The lowest BCUT2D eigenvalue weighted by molar-refractivity contribution is -0.140. The highest BCUT2D eigenvalue weighted by molar-refractivity contribution is 5.33. The summed E-state index contributed by atoms with van der Waals surface area (Å²) in [7, 11) is 0.